The molecule has 2 aliphatic heterocycles. The van der Waals surface area contributed by atoms with Gasteiger partial charge in [0.2, 0.25) is 0 Å². The molecule has 2 fully saturated rings. The second-order valence-electron chi connectivity index (χ2n) is 7.46. The molecule has 4 rings (SSSR count). The highest BCUT2D eigenvalue weighted by molar-refractivity contribution is 8.26. The lowest BCUT2D eigenvalue weighted by molar-refractivity contribution is -0.122. The highest BCUT2D eigenvalue weighted by Gasteiger charge is 2.32. The normalized spacial score (nSPS) is 20.7. The van der Waals surface area contributed by atoms with Crippen molar-refractivity contribution in [2.45, 2.75) is 39.2 Å². The van der Waals surface area contributed by atoms with Crippen LogP contribution in [0.1, 0.15) is 37.3 Å². The van der Waals surface area contributed by atoms with Crippen LogP contribution in [0, 0.1) is 6.92 Å². The average molecular weight is 445 g/mol. The molecule has 0 bridgehead atoms. The van der Waals surface area contributed by atoms with Gasteiger partial charge in [0.25, 0.3) is 11.5 Å². The first kappa shape index (κ1) is 21.0. The molecule has 0 saturated carbocycles. The van der Waals surface area contributed by atoms with Crippen molar-refractivity contribution in [2.75, 3.05) is 25.0 Å². The molecule has 2 saturated heterocycles. The van der Waals surface area contributed by atoms with Gasteiger partial charge in [-0.1, -0.05) is 37.0 Å². The van der Waals surface area contributed by atoms with Gasteiger partial charge < -0.3 is 10.1 Å². The molecular weight excluding hydrogens is 420 g/mol. The zero-order chi connectivity index (χ0) is 21.3. The Morgan fingerprint density at radius 2 is 2.23 bits per heavy atom. The van der Waals surface area contributed by atoms with E-state index in [2.05, 4.69) is 10.3 Å². The van der Waals surface area contributed by atoms with E-state index < -0.39 is 0 Å². The lowest BCUT2D eigenvalue weighted by atomic mass is 10.2. The van der Waals surface area contributed by atoms with Gasteiger partial charge in [-0.05, 0) is 43.9 Å². The average Bonchev–Trinajstić information content (AvgIpc) is 3.33. The van der Waals surface area contributed by atoms with Gasteiger partial charge >= 0.3 is 0 Å². The van der Waals surface area contributed by atoms with Crippen LogP contribution in [0.5, 0.6) is 0 Å². The third kappa shape index (κ3) is 4.14. The highest BCUT2D eigenvalue weighted by Crippen LogP contribution is 2.33. The second-order valence-corrected chi connectivity index (χ2v) is 9.14. The number of rotatable bonds is 6. The summed E-state index contributed by atoms with van der Waals surface area (Å²) in [6, 6.07) is 3.74. The van der Waals surface area contributed by atoms with E-state index in [-0.39, 0.29) is 17.6 Å². The maximum absolute atomic E-state index is 13.3. The third-order valence-corrected chi connectivity index (χ3v) is 6.50. The summed E-state index contributed by atoms with van der Waals surface area (Å²) in [5.41, 5.74) is 1.63. The number of hydrogen-bond donors (Lipinski definition) is 1. The Morgan fingerprint density at radius 3 is 2.97 bits per heavy atom. The molecule has 158 valence electrons. The van der Waals surface area contributed by atoms with Gasteiger partial charge in [0.15, 0.2) is 0 Å². The molecule has 0 radical (unpaired) electrons. The number of anilines is 1. The smallest absolute Gasteiger partial charge is 0.267 e. The van der Waals surface area contributed by atoms with Crippen LogP contribution in [-0.4, -0.2) is 50.3 Å². The fraction of sp³-hybridized carbons (Fsp3) is 0.429. The number of hydrogen-bond acceptors (Lipinski definition) is 7. The maximum atomic E-state index is 13.3. The van der Waals surface area contributed by atoms with E-state index in [1.165, 1.54) is 16.2 Å². The Hall–Kier alpha value is -2.23. The summed E-state index contributed by atoms with van der Waals surface area (Å²) in [5, 5.41) is 3.28. The number of carbonyl (C=O) groups excluding carboxylic acids is 1. The van der Waals surface area contributed by atoms with E-state index in [0.29, 0.717) is 39.3 Å². The van der Waals surface area contributed by atoms with Gasteiger partial charge in [0.1, 0.15) is 15.8 Å². The number of aromatic nitrogens is 2. The lowest BCUT2D eigenvalue weighted by Gasteiger charge is -2.14. The fourth-order valence-corrected chi connectivity index (χ4v) is 4.88. The number of carbonyl (C=O) groups is 1. The Bertz CT molecular complexity index is 1090. The van der Waals surface area contributed by atoms with Gasteiger partial charge in [-0.3, -0.25) is 18.9 Å². The SMILES string of the molecule is CCCN1C(=O)C(=Cc2c(NCC3CCCO3)nc3ccc(C)cn3c2=O)SC1=S. The molecule has 0 aromatic carbocycles. The molecule has 0 spiro atoms. The zero-order valence-corrected chi connectivity index (χ0v) is 18.6. The van der Waals surface area contributed by atoms with Crippen LogP contribution in [0.25, 0.3) is 11.7 Å². The minimum absolute atomic E-state index is 0.0962. The number of thioether (sulfide) groups is 1. The number of aryl methyl sites for hydroxylation is 1. The van der Waals surface area contributed by atoms with E-state index in [0.717, 1.165) is 31.4 Å². The predicted octanol–water partition coefficient (Wildman–Crippen LogP) is 3.21. The first-order chi connectivity index (χ1) is 14.5. The number of ether oxygens (including phenoxy) is 1. The Labute approximate surface area is 184 Å². The van der Waals surface area contributed by atoms with Crippen LogP contribution >= 0.6 is 24.0 Å². The molecule has 30 heavy (non-hydrogen) atoms. The van der Waals surface area contributed by atoms with Gasteiger partial charge in [-0.25, -0.2) is 4.98 Å². The quantitative estimate of drug-likeness (QED) is 0.542. The number of amides is 1. The third-order valence-electron chi connectivity index (χ3n) is 5.12. The number of fused-ring (bicyclic) bond motifs is 1. The van der Waals surface area contributed by atoms with Crippen LogP contribution in [0.2, 0.25) is 0 Å². The lowest BCUT2D eigenvalue weighted by Crippen LogP contribution is -2.28. The van der Waals surface area contributed by atoms with E-state index in [9.17, 15) is 9.59 Å². The van der Waals surface area contributed by atoms with Crippen molar-refractivity contribution in [1.29, 1.82) is 0 Å². The molecular formula is C21H24N4O3S2. The Morgan fingerprint density at radius 1 is 1.40 bits per heavy atom. The molecule has 2 aromatic heterocycles. The first-order valence-corrected chi connectivity index (χ1v) is 11.3. The monoisotopic (exact) mass is 444 g/mol. The molecule has 0 aliphatic carbocycles. The predicted molar refractivity (Wildman–Crippen MR) is 124 cm³/mol. The topological polar surface area (TPSA) is 75.9 Å². The molecule has 7 nitrogen and oxygen atoms in total. The summed E-state index contributed by atoms with van der Waals surface area (Å²) in [4.78, 5) is 32.8. The summed E-state index contributed by atoms with van der Waals surface area (Å²) in [5.74, 6) is 0.297. The molecule has 1 atom stereocenters. The summed E-state index contributed by atoms with van der Waals surface area (Å²) < 4.78 is 7.72. The van der Waals surface area contributed by atoms with Crippen molar-refractivity contribution in [3.8, 4) is 0 Å². The van der Waals surface area contributed by atoms with Crippen molar-refractivity contribution < 1.29 is 9.53 Å². The molecule has 4 heterocycles. The van der Waals surface area contributed by atoms with E-state index in [1.807, 2.05) is 26.0 Å². The van der Waals surface area contributed by atoms with Gasteiger partial charge in [0, 0.05) is 25.9 Å². The van der Waals surface area contributed by atoms with Gasteiger partial charge in [-0.2, -0.15) is 0 Å². The highest BCUT2D eigenvalue weighted by atomic mass is 32.2. The van der Waals surface area contributed by atoms with Crippen LogP contribution < -0.4 is 10.9 Å². The Balaban J connectivity index is 1.76. The standard InChI is InChI=1S/C21H24N4O3S2/c1-3-8-24-20(27)16(30-21(24)29)10-15-18(22-11-14-5-4-9-28-14)23-17-7-6-13(2)12-25(17)19(15)26/h6-7,10,12,14,22H,3-5,8-9,11H2,1-2H3. The molecule has 2 aromatic rings. The molecule has 1 amide bonds. The van der Waals surface area contributed by atoms with Crippen molar-refractivity contribution in [2.24, 2.45) is 0 Å². The number of nitrogens with one attached hydrogen (secondary N) is 1. The van der Waals surface area contributed by atoms with Crippen LogP contribution in [0.15, 0.2) is 28.0 Å². The molecule has 9 heteroatoms. The van der Waals surface area contributed by atoms with Crippen LogP contribution in [0.4, 0.5) is 5.82 Å². The van der Waals surface area contributed by atoms with Gasteiger partial charge in [0.05, 0.1) is 16.6 Å². The van der Waals surface area contributed by atoms with E-state index >= 15 is 0 Å². The Kier molecular flexibility index (Phi) is 6.21. The maximum Gasteiger partial charge on any atom is 0.267 e. The zero-order valence-electron chi connectivity index (χ0n) is 17.0. The first-order valence-electron chi connectivity index (χ1n) is 10.1. The van der Waals surface area contributed by atoms with Crippen molar-refractivity contribution in [1.82, 2.24) is 14.3 Å². The largest absolute Gasteiger partial charge is 0.376 e. The van der Waals surface area contributed by atoms with Crippen LogP contribution in [0.3, 0.4) is 0 Å². The number of nitrogens with zero attached hydrogens (tertiary/aromatic N) is 3. The van der Waals surface area contributed by atoms with Crippen molar-refractivity contribution >= 4 is 51.7 Å². The minimum atomic E-state index is -0.223. The van der Waals surface area contributed by atoms with Crippen molar-refractivity contribution in [3.05, 3.63) is 44.7 Å². The summed E-state index contributed by atoms with van der Waals surface area (Å²) in [6.45, 7) is 5.81. The number of thiocarbonyl (C=S) groups is 1. The summed E-state index contributed by atoms with van der Waals surface area (Å²) in [7, 11) is 0. The summed E-state index contributed by atoms with van der Waals surface area (Å²) >= 11 is 6.58. The van der Waals surface area contributed by atoms with Gasteiger partial charge in [-0.15, -0.1) is 0 Å². The molecule has 2 aliphatic rings. The second kappa shape index (κ2) is 8.87. The van der Waals surface area contributed by atoms with E-state index in [4.69, 9.17) is 17.0 Å². The van der Waals surface area contributed by atoms with Crippen LogP contribution in [-0.2, 0) is 9.53 Å². The molecule has 1 unspecified atom stereocenters. The number of pyridine rings is 1. The van der Waals surface area contributed by atoms with E-state index in [1.54, 1.807) is 17.2 Å². The molecule has 1 N–H and O–H groups in total. The summed E-state index contributed by atoms with van der Waals surface area (Å²) in [6.07, 6.45) is 6.30. The van der Waals surface area contributed by atoms with Crippen molar-refractivity contribution in [3.63, 3.8) is 0 Å². The fourth-order valence-electron chi connectivity index (χ4n) is 3.59. The minimum Gasteiger partial charge on any atom is -0.376 e.